The molecule has 2 bridgehead atoms. The third-order valence-electron chi connectivity index (χ3n) is 3.59. The molecule has 0 aromatic rings. The highest BCUT2D eigenvalue weighted by Crippen LogP contribution is 2.34. The quantitative estimate of drug-likeness (QED) is 0.595. The monoisotopic (exact) mass is 212 g/mol. The summed E-state index contributed by atoms with van der Waals surface area (Å²) in [6, 6.07) is 1.21. The molecule has 5 nitrogen and oxygen atoms in total. The maximum atomic E-state index is 10.5. The van der Waals surface area contributed by atoms with E-state index in [0.29, 0.717) is 24.7 Å². The van der Waals surface area contributed by atoms with Crippen molar-refractivity contribution in [1.82, 2.24) is 10.2 Å². The summed E-state index contributed by atoms with van der Waals surface area (Å²) in [4.78, 5) is 13.0. The number of piperidine rings is 1. The average Bonchev–Trinajstić information content (AvgIpc) is 2.42. The zero-order chi connectivity index (χ0) is 10.8. The molecule has 2 unspecified atom stereocenters. The Bertz CT molecular complexity index is 232. The molecule has 0 aromatic carbocycles. The van der Waals surface area contributed by atoms with Crippen molar-refractivity contribution < 1.29 is 4.79 Å². The van der Waals surface area contributed by atoms with Crippen LogP contribution in [0.2, 0.25) is 0 Å². The van der Waals surface area contributed by atoms with Crippen molar-refractivity contribution in [3.63, 3.8) is 0 Å². The average molecular weight is 212 g/mol. The Kier molecular flexibility index (Phi) is 3.11. The highest BCUT2D eigenvalue weighted by atomic mass is 16.2. The van der Waals surface area contributed by atoms with Crippen molar-refractivity contribution in [2.75, 3.05) is 13.1 Å². The molecule has 15 heavy (non-hydrogen) atoms. The van der Waals surface area contributed by atoms with E-state index in [1.165, 1.54) is 12.8 Å². The normalized spacial score (nSPS) is 35.4. The van der Waals surface area contributed by atoms with Crippen molar-refractivity contribution in [3.8, 4) is 0 Å². The lowest BCUT2D eigenvalue weighted by atomic mass is 9.98. The summed E-state index contributed by atoms with van der Waals surface area (Å²) in [5, 5.41) is 2.64. The van der Waals surface area contributed by atoms with E-state index >= 15 is 0 Å². The summed E-state index contributed by atoms with van der Waals surface area (Å²) >= 11 is 0. The van der Waals surface area contributed by atoms with Gasteiger partial charge in [0.2, 0.25) is 0 Å². The first-order chi connectivity index (χ1) is 7.16. The molecular formula is C10H20N4O. The molecule has 2 rings (SSSR count). The molecule has 2 aliphatic heterocycles. The van der Waals surface area contributed by atoms with E-state index in [2.05, 4.69) is 10.2 Å². The number of urea groups is 1. The number of rotatable bonds is 3. The molecule has 2 aliphatic rings. The van der Waals surface area contributed by atoms with Crippen LogP contribution in [0.3, 0.4) is 0 Å². The van der Waals surface area contributed by atoms with Crippen LogP contribution in [0.25, 0.3) is 0 Å². The summed E-state index contributed by atoms with van der Waals surface area (Å²) in [5.74, 6) is 0. The molecule has 2 amide bonds. The van der Waals surface area contributed by atoms with E-state index in [1.54, 1.807) is 0 Å². The fourth-order valence-corrected chi connectivity index (χ4v) is 2.99. The second-order valence-electron chi connectivity index (χ2n) is 4.65. The van der Waals surface area contributed by atoms with E-state index in [1.807, 2.05) is 0 Å². The molecule has 0 radical (unpaired) electrons. The minimum atomic E-state index is -0.434. The Hall–Kier alpha value is -0.810. The van der Waals surface area contributed by atoms with Crippen LogP contribution in [-0.4, -0.2) is 42.1 Å². The number of nitrogens with two attached hydrogens (primary N) is 2. The first kappa shape index (κ1) is 10.7. The second-order valence-corrected chi connectivity index (χ2v) is 4.65. The lowest BCUT2D eigenvalue weighted by Crippen LogP contribution is -2.50. The number of hydrogen-bond acceptors (Lipinski definition) is 3. The van der Waals surface area contributed by atoms with Gasteiger partial charge in [-0.1, -0.05) is 0 Å². The Morgan fingerprint density at radius 2 is 1.93 bits per heavy atom. The van der Waals surface area contributed by atoms with Gasteiger partial charge in [0.15, 0.2) is 0 Å². The van der Waals surface area contributed by atoms with E-state index in [0.717, 1.165) is 19.4 Å². The van der Waals surface area contributed by atoms with Crippen LogP contribution in [0.5, 0.6) is 0 Å². The summed E-state index contributed by atoms with van der Waals surface area (Å²) in [7, 11) is 0. The number of primary amides is 1. The standard InChI is InChI=1S/C10H20N4O/c11-7-5-8-1-2-9(6-7)14(8)4-3-13-10(12)15/h7-9H,1-6,11H2,(H3,12,13,15). The van der Waals surface area contributed by atoms with Crippen LogP contribution < -0.4 is 16.8 Å². The Balaban J connectivity index is 1.81. The number of fused-ring (bicyclic) bond motifs is 2. The van der Waals surface area contributed by atoms with Crippen LogP contribution in [-0.2, 0) is 0 Å². The molecule has 2 saturated heterocycles. The molecule has 0 saturated carbocycles. The predicted octanol–water partition coefficient (Wildman–Crippen LogP) is -0.391. The molecule has 86 valence electrons. The maximum Gasteiger partial charge on any atom is 0.312 e. The molecular weight excluding hydrogens is 192 g/mol. The molecule has 5 N–H and O–H groups in total. The Morgan fingerprint density at radius 1 is 1.33 bits per heavy atom. The van der Waals surface area contributed by atoms with Gasteiger partial charge in [0.25, 0.3) is 0 Å². The van der Waals surface area contributed by atoms with Gasteiger partial charge in [-0.3, -0.25) is 4.90 Å². The minimum absolute atomic E-state index is 0.378. The van der Waals surface area contributed by atoms with Gasteiger partial charge in [-0.2, -0.15) is 0 Å². The van der Waals surface area contributed by atoms with Crippen LogP contribution in [0.1, 0.15) is 25.7 Å². The van der Waals surface area contributed by atoms with Crippen molar-refractivity contribution in [2.24, 2.45) is 11.5 Å². The third kappa shape index (κ3) is 2.41. The van der Waals surface area contributed by atoms with Crippen molar-refractivity contribution in [2.45, 2.75) is 43.8 Å². The summed E-state index contributed by atoms with van der Waals surface area (Å²) in [6.07, 6.45) is 4.73. The fourth-order valence-electron chi connectivity index (χ4n) is 2.99. The van der Waals surface area contributed by atoms with Crippen LogP contribution in [0.15, 0.2) is 0 Å². The van der Waals surface area contributed by atoms with Gasteiger partial charge in [0.05, 0.1) is 0 Å². The van der Waals surface area contributed by atoms with E-state index in [4.69, 9.17) is 11.5 Å². The number of carbonyl (C=O) groups excluding carboxylic acids is 1. The van der Waals surface area contributed by atoms with Gasteiger partial charge in [0, 0.05) is 31.2 Å². The molecule has 0 spiro atoms. The molecule has 5 heteroatoms. The van der Waals surface area contributed by atoms with Gasteiger partial charge in [-0.15, -0.1) is 0 Å². The number of nitrogens with one attached hydrogen (secondary N) is 1. The summed E-state index contributed by atoms with van der Waals surface area (Å²) < 4.78 is 0. The van der Waals surface area contributed by atoms with E-state index in [-0.39, 0.29) is 0 Å². The maximum absolute atomic E-state index is 10.5. The van der Waals surface area contributed by atoms with Gasteiger partial charge in [-0.25, -0.2) is 4.79 Å². The third-order valence-corrected chi connectivity index (χ3v) is 3.59. The number of nitrogens with zero attached hydrogens (tertiary/aromatic N) is 1. The van der Waals surface area contributed by atoms with Crippen molar-refractivity contribution in [1.29, 1.82) is 0 Å². The lowest BCUT2D eigenvalue weighted by molar-refractivity contribution is 0.129. The highest BCUT2D eigenvalue weighted by Gasteiger charge is 2.38. The Labute approximate surface area is 90.2 Å². The highest BCUT2D eigenvalue weighted by molar-refractivity contribution is 5.71. The first-order valence-corrected chi connectivity index (χ1v) is 5.71. The van der Waals surface area contributed by atoms with Crippen LogP contribution in [0, 0.1) is 0 Å². The molecule has 2 atom stereocenters. The number of amides is 2. The lowest BCUT2D eigenvalue weighted by Gasteiger charge is -2.37. The van der Waals surface area contributed by atoms with Gasteiger partial charge >= 0.3 is 6.03 Å². The smallest absolute Gasteiger partial charge is 0.312 e. The number of carbonyl (C=O) groups is 1. The van der Waals surface area contributed by atoms with E-state index < -0.39 is 6.03 Å². The molecule has 0 aromatic heterocycles. The SMILES string of the molecule is NC(=O)NCCN1C2CCC1CC(N)C2. The number of hydrogen-bond donors (Lipinski definition) is 3. The second kappa shape index (κ2) is 4.37. The van der Waals surface area contributed by atoms with Crippen molar-refractivity contribution in [3.05, 3.63) is 0 Å². The van der Waals surface area contributed by atoms with E-state index in [9.17, 15) is 4.79 Å². The largest absolute Gasteiger partial charge is 0.352 e. The predicted molar refractivity (Wildman–Crippen MR) is 58.3 cm³/mol. The fraction of sp³-hybridized carbons (Fsp3) is 0.900. The zero-order valence-corrected chi connectivity index (χ0v) is 8.98. The summed E-state index contributed by atoms with van der Waals surface area (Å²) in [6.45, 7) is 1.56. The Morgan fingerprint density at radius 3 is 2.47 bits per heavy atom. The van der Waals surface area contributed by atoms with Gasteiger partial charge < -0.3 is 16.8 Å². The van der Waals surface area contributed by atoms with Gasteiger partial charge in [-0.05, 0) is 25.7 Å². The van der Waals surface area contributed by atoms with Gasteiger partial charge in [0.1, 0.15) is 0 Å². The topological polar surface area (TPSA) is 84.4 Å². The van der Waals surface area contributed by atoms with Crippen LogP contribution in [0.4, 0.5) is 4.79 Å². The van der Waals surface area contributed by atoms with Crippen molar-refractivity contribution >= 4 is 6.03 Å². The zero-order valence-electron chi connectivity index (χ0n) is 8.98. The molecule has 2 fully saturated rings. The molecule has 0 aliphatic carbocycles. The molecule has 2 heterocycles. The first-order valence-electron chi connectivity index (χ1n) is 5.71. The summed E-state index contributed by atoms with van der Waals surface area (Å²) in [5.41, 5.74) is 11.0. The minimum Gasteiger partial charge on any atom is -0.352 e. The van der Waals surface area contributed by atoms with Crippen LogP contribution >= 0.6 is 0 Å².